The minimum atomic E-state index is -0.498. The Hall–Kier alpha value is -2.93. The number of hydrogen-bond donors (Lipinski definition) is 0. The lowest BCUT2D eigenvalue weighted by Gasteiger charge is -2.13. The summed E-state index contributed by atoms with van der Waals surface area (Å²) in [7, 11) is 0. The van der Waals surface area contributed by atoms with E-state index < -0.39 is 5.97 Å². The predicted molar refractivity (Wildman–Crippen MR) is 112 cm³/mol. The van der Waals surface area contributed by atoms with Crippen molar-refractivity contribution >= 4 is 39.8 Å². The van der Waals surface area contributed by atoms with Gasteiger partial charge in [-0.15, -0.1) is 0 Å². The number of ether oxygens (including phenoxy) is 2. The van der Waals surface area contributed by atoms with Crippen molar-refractivity contribution in [2.45, 2.75) is 13.3 Å². The van der Waals surface area contributed by atoms with Crippen LogP contribution in [-0.4, -0.2) is 42.4 Å². The molecular weight excluding hydrogens is 438 g/mol. The Morgan fingerprint density at radius 3 is 2.66 bits per heavy atom. The summed E-state index contributed by atoms with van der Waals surface area (Å²) < 4.78 is 11.4. The molecule has 2 aromatic rings. The number of benzene rings is 2. The van der Waals surface area contributed by atoms with Crippen molar-refractivity contribution in [1.29, 1.82) is 0 Å². The van der Waals surface area contributed by atoms with E-state index in [4.69, 9.17) is 9.47 Å². The Bertz CT molecular complexity index is 969. The van der Waals surface area contributed by atoms with Crippen LogP contribution in [0.1, 0.15) is 39.6 Å². The molecule has 0 fully saturated rings. The fourth-order valence-electron chi connectivity index (χ4n) is 2.97. The van der Waals surface area contributed by atoms with Crippen LogP contribution in [0.25, 0.3) is 6.08 Å². The highest BCUT2D eigenvalue weighted by atomic mass is 79.9. The standard InChI is InChI=1S/C22H20BrNO5/c1-2-28-19-7-4-3-6-15(19)8-11-20(25)29-13-5-12-24-21(26)17-10-9-16(23)14-18(17)22(24)27/h3-4,6-11,14H,2,5,12-13H2,1H3/b11-8+. The van der Waals surface area contributed by atoms with Crippen LogP contribution in [0.5, 0.6) is 5.75 Å². The SMILES string of the molecule is CCOc1ccccc1/C=C/C(=O)OCCCN1C(=O)c2ccc(Br)cc2C1=O. The van der Waals surface area contributed by atoms with Crippen molar-refractivity contribution in [2.75, 3.05) is 19.8 Å². The predicted octanol–water partition coefficient (Wildman–Crippen LogP) is 4.09. The molecule has 1 aliphatic heterocycles. The maximum atomic E-state index is 12.4. The summed E-state index contributed by atoms with van der Waals surface area (Å²) >= 11 is 3.30. The summed E-state index contributed by atoms with van der Waals surface area (Å²) in [4.78, 5) is 37.8. The van der Waals surface area contributed by atoms with Crippen molar-refractivity contribution in [3.05, 3.63) is 69.7 Å². The topological polar surface area (TPSA) is 72.9 Å². The van der Waals surface area contributed by atoms with E-state index in [9.17, 15) is 14.4 Å². The number of carbonyl (C=O) groups excluding carboxylic acids is 3. The molecule has 1 aliphatic rings. The number of hydrogen-bond acceptors (Lipinski definition) is 5. The lowest BCUT2D eigenvalue weighted by molar-refractivity contribution is -0.137. The van der Waals surface area contributed by atoms with Gasteiger partial charge in [0.25, 0.3) is 11.8 Å². The van der Waals surface area contributed by atoms with Crippen LogP contribution in [0.3, 0.4) is 0 Å². The van der Waals surface area contributed by atoms with Gasteiger partial charge in [-0.3, -0.25) is 14.5 Å². The van der Waals surface area contributed by atoms with Gasteiger partial charge in [0.2, 0.25) is 0 Å². The number of halogens is 1. The second-order valence-corrected chi connectivity index (χ2v) is 7.19. The van der Waals surface area contributed by atoms with Gasteiger partial charge < -0.3 is 9.47 Å². The van der Waals surface area contributed by atoms with Crippen LogP contribution < -0.4 is 4.74 Å². The van der Waals surface area contributed by atoms with Gasteiger partial charge in [0, 0.05) is 22.7 Å². The van der Waals surface area contributed by atoms with E-state index in [1.165, 1.54) is 11.0 Å². The van der Waals surface area contributed by atoms with Gasteiger partial charge in [0.1, 0.15) is 5.75 Å². The fourth-order valence-corrected chi connectivity index (χ4v) is 3.33. The van der Waals surface area contributed by atoms with E-state index in [-0.39, 0.29) is 25.0 Å². The molecule has 0 radical (unpaired) electrons. The highest BCUT2D eigenvalue weighted by Gasteiger charge is 2.35. The number of para-hydroxylation sites is 1. The first kappa shape index (κ1) is 20.8. The monoisotopic (exact) mass is 457 g/mol. The Kier molecular flexibility index (Phi) is 6.82. The van der Waals surface area contributed by atoms with E-state index in [0.29, 0.717) is 29.9 Å². The number of imide groups is 1. The normalized spacial score (nSPS) is 13.1. The molecule has 0 unspecified atom stereocenters. The molecule has 0 saturated carbocycles. The highest BCUT2D eigenvalue weighted by Crippen LogP contribution is 2.26. The van der Waals surface area contributed by atoms with Gasteiger partial charge in [0.15, 0.2) is 0 Å². The van der Waals surface area contributed by atoms with E-state index in [1.807, 2.05) is 31.2 Å². The van der Waals surface area contributed by atoms with Crippen LogP contribution in [0.4, 0.5) is 0 Å². The number of nitrogens with zero attached hydrogens (tertiary/aromatic N) is 1. The van der Waals surface area contributed by atoms with Gasteiger partial charge in [-0.1, -0.05) is 34.1 Å². The number of carbonyl (C=O) groups is 3. The third-order valence-electron chi connectivity index (χ3n) is 4.32. The van der Waals surface area contributed by atoms with Crippen LogP contribution in [-0.2, 0) is 9.53 Å². The van der Waals surface area contributed by atoms with Crippen LogP contribution >= 0.6 is 15.9 Å². The summed E-state index contributed by atoms with van der Waals surface area (Å²) in [6.45, 7) is 2.72. The van der Waals surface area contributed by atoms with Gasteiger partial charge in [-0.05, 0) is 43.7 Å². The maximum Gasteiger partial charge on any atom is 0.330 e. The van der Waals surface area contributed by atoms with Crippen LogP contribution in [0.2, 0.25) is 0 Å². The molecular formula is C22H20BrNO5. The molecule has 0 aromatic heterocycles. The molecule has 1 heterocycles. The Labute approximate surface area is 177 Å². The zero-order valence-corrected chi connectivity index (χ0v) is 17.5. The lowest BCUT2D eigenvalue weighted by Crippen LogP contribution is -2.31. The van der Waals surface area contributed by atoms with Gasteiger partial charge in [-0.25, -0.2) is 4.79 Å². The Morgan fingerprint density at radius 2 is 1.86 bits per heavy atom. The molecule has 0 spiro atoms. The first-order valence-electron chi connectivity index (χ1n) is 9.23. The third-order valence-corrected chi connectivity index (χ3v) is 4.81. The van der Waals surface area contributed by atoms with E-state index in [2.05, 4.69) is 15.9 Å². The Morgan fingerprint density at radius 1 is 1.10 bits per heavy atom. The molecule has 7 heteroatoms. The second kappa shape index (κ2) is 9.52. The third kappa shape index (κ3) is 4.92. The van der Waals surface area contributed by atoms with Crippen LogP contribution in [0, 0.1) is 0 Å². The zero-order chi connectivity index (χ0) is 20.8. The molecule has 29 heavy (non-hydrogen) atoms. The lowest BCUT2D eigenvalue weighted by atomic mass is 10.1. The molecule has 150 valence electrons. The highest BCUT2D eigenvalue weighted by molar-refractivity contribution is 9.10. The summed E-state index contributed by atoms with van der Waals surface area (Å²) in [5.41, 5.74) is 1.56. The molecule has 6 nitrogen and oxygen atoms in total. The molecule has 3 rings (SSSR count). The van der Waals surface area contributed by atoms with Crippen LogP contribution in [0.15, 0.2) is 53.0 Å². The molecule has 0 bridgehead atoms. The zero-order valence-electron chi connectivity index (χ0n) is 15.9. The van der Waals surface area contributed by atoms with Gasteiger partial charge in [0.05, 0.1) is 24.3 Å². The van der Waals surface area contributed by atoms with E-state index in [0.717, 1.165) is 10.0 Å². The largest absolute Gasteiger partial charge is 0.493 e. The van der Waals surface area contributed by atoms with Gasteiger partial charge >= 0.3 is 5.97 Å². The Balaban J connectivity index is 1.48. The smallest absolute Gasteiger partial charge is 0.330 e. The quantitative estimate of drug-likeness (QED) is 0.258. The fraction of sp³-hybridized carbons (Fsp3) is 0.227. The first-order chi connectivity index (χ1) is 14.0. The first-order valence-corrected chi connectivity index (χ1v) is 10.0. The minimum Gasteiger partial charge on any atom is -0.493 e. The molecule has 0 saturated heterocycles. The minimum absolute atomic E-state index is 0.105. The van der Waals surface area contributed by atoms with Gasteiger partial charge in [-0.2, -0.15) is 0 Å². The molecule has 0 atom stereocenters. The second-order valence-electron chi connectivity index (χ2n) is 6.28. The molecule has 2 aromatic carbocycles. The van der Waals surface area contributed by atoms with E-state index in [1.54, 1.807) is 24.3 Å². The summed E-state index contributed by atoms with van der Waals surface area (Å²) in [6, 6.07) is 12.4. The average molecular weight is 458 g/mol. The molecule has 0 aliphatic carbocycles. The van der Waals surface area contributed by atoms with Crippen molar-refractivity contribution in [1.82, 2.24) is 4.90 Å². The van der Waals surface area contributed by atoms with Crippen molar-refractivity contribution in [3.63, 3.8) is 0 Å². The molecule has 0 N–H and O–H groups in total. The van der Waals surface area contributed by atoms with Crippen molar-refractivity contribution < 1.29 is 23.9 Å². The number of esters is 1. The number of rotatable bonds is 8. The number of amides is 2. The van der Waals surface area contributed by atoms with Crippen molar-refractivity contribution in [2.24, 2.45) is 0 Å². The maximum absolute atomic E-state index is 12.4. The summed E-state index contributed by atoms with van der Waals surface area (Å²) in [5.74, 6) is -0.458. The molecule has 2 amide bonds. The average Bonchev–Trinajstić information content (AvgIpc) is 2.94. The van der Waals surface area contributed by atoms with Crippen molar-refractivity contribution in [3.8, 4) is 5.75 Å². The summed E-state index contributed by atoms with van der Waals surface area (Å²) in [5, 5.41) is 0. The number of fused-ring (bicyclic) bond motifs is 1. The summed E-state index contributed by atoms with van der Waals surface area (Å²) in [6.07, 6.45) is 3.33. The van der Waals surface area contributed by atoms with E-state index >= 15 is 0 Å².